The number of nitrogens with one attached hydrogen (secondary N) is 9. The molecule has 0 aromatic heterocycles. The van der Waals surface area contributed by atoms with E-state index < -0.39 is 83.5 Å². The summed E-state index contributed by atoms with van der Waals surface area (Å²) in [6.45, 7) is 0.358. The highest BCUT2D eigenvalue weighted by Crippen LogP contribution is 2.28. The largest absolute Gasteiger partial charge is 0.496 e. The van der Waals surface area contributed by atoms with Gasteiger partial charge >= 0.3 is 12.1 Å². The predicted molar refractivity (Wildman–Crippen MR) is 330 cm³/mol. The van der Waals surface area contributed by atoms with Crippen molar-refractivity contribution in [1.82, 2.24) is 26.6 Å². The Labute approximate surface area is 511 Å². The third-order valence-corrected chi connectivity index (χ3v) is 12.9. The molecule has 0 aliphatic rings. The Hall–Kier alpha value is -11.1. The average Bonchev–Trinajstić information content (AvgIpc) is 2.33. The molecule has 0 aliphatic heterocycles. The van der Waals surface area contributed by atoms with E-state index in [0.29, 0.717) is 6.42 Å². The zero-order chi connectivity index (χ0) is 65.7. The summed E-state index contributed by atoms with van der Waals surface area (Å²) in [6.07, 6.45) is 0.948. The number of methoxy groups -OCH3 is 4. The van der Waals surface area contributed by atoms with Crippen molar-refractivity contribution in [3.8, 4) is 23.0 Å². The zero-order valence-electron chi connectivity index (χ0n) is 49.5. The second kappa shape index (κ2) is 35.4. The quantitative estimate of drug-likeness (QED) is 0.0154. The van der Waals surface area contributed by atoms with E-state index in [-0.39, 0.29) is 151 Å². The molecule has 0 saturated carbocycles. The molecule has 33 heteroatoms. The van der Waals surface area contributed by atoms with E-state index in [9.17, 15) is 47.9 Å². The second-order valence-electron chi connectivity index (χ2n) is 19.4. The highest BCUT2D eigenvalue weighted by atomic mass is 16.5. The predicted octanol–water partition coefficient (Wildman–Crippen LogP) is -0.699. The summed E-state index contributed by atoms with van der Waals surface area (Å²) in [6, 6.07) is 10.1. The molecule has 480 valence electrons. The maximum Gasteiger partial charge on any atom is 0.312 e. The fourth-order valence-electron chi connectivity index (χ4n) is 8.49. The van der Waals surface area contributed by atoms with Crippen molar-refractivity contribution in [2.75, 3.05) is 75.9 Å². The van der Waals surface area contributed by atoms with Gasteiger partial charge in [-0.3, -0.25) is 48.3 Å². The number of rotatable bonds is 35. The summed E-state index contributed by atoms with van der Waals surface area (Å²) < 4.78 is 21.6. The van der Waals surface area contributed by atoms with E-state index in [1.54, 1.807) is 0 Å². The van der Waals surface area contributed by atoms with Crippen molar-refractivity contribution in [3.05, 3.63) is 95.1 Å². The van der Waals surface area contributed by atoms with Crippen LogP contribution in [0.1, 0.15) is 92.8 Å². The molecule has 12 amide bonds. The van der Waals surface area contributed by atoms with Gasteiger partial charge in [-0.2, -0.15) is 0 Å². The molecular weight excluding hydrogens is 1160 g/mol. The summed E-state index contributed by atoms with van der Waals surface area (Å²) >= 11 is 0. The smallest absolute Gasteiger partial charge is 0.312 e. The Balaban J connectivity index is 1.60. The van der Waals surface area contributed by atoms with Crippen molar-refractivity contribution in [2.24, 2.45) is 55.9 Å². The van der Waals surface area contributed by atoms with E-state index in [1.807, 2.05) is 0 Å². The number of carbonyl (C=O) groups is 10. The summed E-state index contributed by atoms with van der Waals surface area (Å²) in [5.74, 6) is -6.31. The number of nitrogens with zero attached hydrogens (tertiary/aromatic N) is 2. The third kappa shape index (κ3) is 23.0. The summed E-state index contributed by atoms with van der Waals surface area (Å²) in [7, 11) is 5.23. The van der Waals surface area contributed by atoms with Crippen LogP contribution in [0.2, 0.25) is 0 Å². The van der Waals surface area contributed by atoms with Gasteiger partial charge in [-0.25, -0.2) is 9.59 Å². The first kappa shape index (κ1) is 70.4. The van der Waals surface area contributed by atoms with Gasteiger partial charge in [0.05, 0.1) is 56.7 Å². The highest BCUT2D eigenvalue weighted by Gasteiger charge is 2.29. The molecule has 4 atom stereocenters. The molecular formula is C56H77N19O14. The van der Waals surface area contributed by atoms with E-state index >= 15 is 0 Å². The van der Waals surface area contributed by atoms with Gasteiger partial charge in [0.15, 0.2) is 11.9 Å². The maximum atomic E-state index is 14.4. The number of ether oxygens (including phenoxy) is 4. The summed E-state index contributed by atoms with van der Waals surface area (Å²) in [5.41, 5.74) is 44.0. The molecule has 0 spiro atoms. The number of nitrogens with two attached hydrogens (primary N) is 8. The second-order valence-corrected chi connectivity index (χ2v) is 19.4. The molecule has 4 aromatic rings. The van der Waals surface area contributed by atoms with Crippen LogP contribution < -0.4 is 113 Å². The molecule has 4 aromatic carbocycles. The minimum Gasteiger partial charge on any atom is -0.496 e. The van der Waals surface area contributed by atoms with Crippen molar-refractivity contribution in [1.29, 1.82) is 0 Å². The lowest BCUT2D eigenvalue weighted by Gasteiger charge is -2.22. The lowest BCUT2D eigenvalue weighted by molar-refractivity contribution is -0.118. The van der Waals surface area contributed by atoms with Crippen LogP contribution in [-0.4, -0.2) is 150 Å². The van der Waals surface area contributed by atoms with E-state index in [2.05, 4.69) is 57.8 Å². The molecule has 0 radical (unpaired) electrons. The monoisotopic (exact) mass is 1240 g/mol. The lowest BCUT2D eigenvalue weighted by Crippen LogP contribution is -2.45. The number of primary amides is 3. The molecule has 0 heterocycles. The Kier molecular flexibility index (Phi) is 28.0. The molecule has 4 rings (SSSR count). The number of urea groups is 2. The number of anilines is 4. The number of guanidine groups is 2. The van der Waals surface area contributed by atoms with Gasteiger partial charge < -0.3 is 113 Å². The zero-order valence-corrected chi connectivity index (χ0v) is 49.5. The topological polar surface area (TPSA) is 549 Å². The van der Waals surface area contributed by atoms with Crippen LogP contribution in [0.3, 0.4) is 0 Å². The highest BCUT2D eigenvalue weighted by molar-refractivity contribution is 6.08. The van der Waals surface area contributed by atoms with Gasteiger partial charge in [-0.1, -0.05) is 0 Å². The molecule has 0 saturated heterocycles. The SMILES string of the molecule is COc1ccc(NC(=O)C(CCCNC(N)=O)NC(=O)c2cc(NC(=O)C(CCCN=C(N)N)NC(=O)c3cc(NC(=O)C(CCCN=C(N)N)NC(=O)c4cc(NC(=O)C(N)CCCNC(N)=O)ccc4OC)ccc3OC)ccc2OC)cc1C(N)=O. The van der Waals surface area contributed by atoms with Crippen molar-refractivity contribution in [3.63, 3.8) is 0 Å². The van der Waals surface area contributed by atoms with E-state index in [4.69, 9.17) is 64.8 Å². The molecule has 33 nitrogen and oxygen atoms in total. The van der Waals surface area contributed by atoms with Crippen LogP contribution in [0.4, 0.5) is 32.3 Å². The minimum atomic E-state index is -1.34. The first-order chi connectivity index (χ1) is 42.4. The normalized spacial score (nSPS) is 11.9. The van der Waals surface area contributed by atoms with E-state index in [1.165, 1.54) is 101 Å². The van der Waals surface area contributed by atoms with Crippen LogP contribution in [0.5, 0.6) is 23.0 Å². The van der Waals surface area contributed by atoms with E-state index in [0.717, 1.165) is 0 Å². The van der Waals surface area contributed by atoms with Crippen LogP contribution in [0.25, 0.3) is 0 Å². The van der Waals surface area contributed by atoms with Crippen molar-refractivity contribution < 1.29 is 66.9 Å². The van der Waals surface area contributed by atoms with Crippen molar-refractivity contribution >= 4 is 94.0 Å². The number of aliphatic imine (C=N–C) groups is 2. The van der Waals surface area contributed by atoms with Gasteiger partial charge in [-0.15, -0.1) is 0 Å². The summed E-state index contributed by atoms with van der Waals surface area (Å²) in [4.78, 5) is 140. The summed E-state index contributed by atoms with van der Waals surface area (Å²) in [5, 5.41) is 23.6. The molecule has 25 N–H and O–H groups in total. The number of hydrogen-bond donors (Lipinski definition) is 17. The van der Waals surface area contributed by atoms with Crippen LogP contribution in [0, 0.1) is 0 Å². The minimum absolute atomic E-state index is 0.0173. The maximum absolute atomic E-state index is 14.4. The lowest BCUT2D eigenvalue weighted by atomic mass is 10.1. The van der Waals surface area contributed by atoms with Gasteiger partial charge in [0.2, 0.25) is 23.6 Å². The number of benzene rings is 4. The van der Waals surface area contributed by atoms with Gasteiger partial charge in [0, 0.05) is 48.9 Å². The number of hydrogen-bond acceptors (Lipinski definition) is 17. The Morgan fingerprint density at radius 3 is 1.00 bits per heavy atom. The fraction of sp³-hybridized carbons (Fsp3) is 0.357. The first-order valence-corrected chi connectivity index (χ1v) is 27.5. The average molecular weight is 1240 g/mol. The Morgan fingerprint density at radius 2 is 0.697 bits per heavy atom. The molecule has 0 fully saturated rings. The Morgan fingerprint density at radius 1 is 0.404 bits per heavy atom. The fourth-order valence-corrected chi connectivity index (χ4v) is 8.49. The Bertz CT molecular complexity index is 3260. The molecule has 0 aliphatic carbocycles. The van der Waals surface area contributed by atoms with Gasteiger partial charge in [-0.05, 0) is 124 Å². The molecule has 0 bridgehead atoms. The van der Waals surface area contributed by atoms with Crippen LogP contribution in [0.15, 0.2) is 82.8 Å². The molecule has 4 unspecified atom stereocenters. The number of amides is 12. The standard InChI is InChI=1S/C56H77N19O14/c1-86-41-17-13-29(25-33(41)45(58)76)70-50(81)40(12-8-24-68-56(64)85)75-48(79)36-28-32(16-20-44(36)89-4)72-52(83)39(11-7-22-66-54(61)62)74-47(78)35-27-31(15-19-43(35)88-3)71-51(82)38(10-6-21-65-53(59)60)73-46(77)34-26-30(14-18-42(34)87-2)69-49(80)37(57)9-5-23-67-55(63)84/h13-20,25-28,37-40H,5-12,21-24,57H2,1-4H3,(H2,58,76)(H,69,80)(H,70,81)(H,71,82)(H,72,83)(H,73,77)(H,74,78)(H,75,79)(H4,59,60,65)(H4,61,62,66)(H3,63,67,84)(H3,64,68,85). The van der Waals surface area contributed by atoms with Crippen LogP contribution >= 0.6 is 0 Å². The van der Waals surface area contributed by atoms with Crippen LogP contribution in [-0.2, 0) is 19.2 Å². The van der Waals surface area contributed by atoms with Gasteiger partial charge in [0.1, 0.15) is 41.1 Å². The first-order valence-electron chi connectivity index (χ1n) is 27.5. The number of carbonyl (C=O) groups excluding carboxylic acids is 10. The third-order valence-electron chi connectivity index (χ3n) is 12.9. The molecule has 89 heavy (non-hydrogen) atoms. The van der Waals surface area contributed by atoms with Crippen molar-refractivity contribution in [2.45, 2.75) is 75.5 Å². The van der Waals surface area contributed by atoms with Gasteiger partial charge in [0.25, 0.3) is 23.6 Å².